The Balaban J connectivity index is 1.51. The summed E-state index contributed by atoms with van der Waals surface area (Å²) < 4.78 is 10.7. The van der Waals surface area contributed by atoms with Crippen LogP contribution in [0.4, 0.5) is 0 Å². The first-order chi connectivity index (χ1) is 17.5. The molecule has 0 saturated carbocycles. The third-order valence-corrected chi connectivity index (χ3v) is 7.07. The molecule has 9 nitrogen and oxygen atoms in total. The third kappa shape index (κ3) is 5.42. The van der Waals surface area contributed by atoms with E-state index in [1.807, 2.05) is 35.4 Å². The second-order valence-electron chi connectivity index (χ2n) is 9.35. The number of benzene rings is 1. The van der Waals surface area contributed by atoms with Crippen LogP contribution in [0.25, 0.3) is 0 Å². The van der Waals surface area contributed by atoms with Crippen molar-refractivity contribution in [2.75, 3.05) is 53.6 Å². The highest BCUT2D eigenvalue weighted by Gasteiger charge is 2.55. The zero-order chi connectivity index (χ0) is 25.5. The molecule has 2 aliphatic rings. The van der Waals surface area contributed by atoms with E-state index in [1.54, 1.807) is 25.4 Å². The molecule has 3 amide bonds. The fourth-order valence-electron chi connectivity index (χ4n) is 5.15. The minimum Gasteiger partial charge on any atom is -0.496 e. The fraction of sp³-hybridized carbons (Fsp3) is 0.481. The number of likely N-dealkylation sites (tertiary alicyclic amines) is 1. The van der Waals surface area contributed by atoms with E-state index in [9.17, 15) is 14.4 Å². The van der Waals surface area contributed by atoms with Crippen LogP contribution in [0.5, 0.6) is 5.75 Å². The number of aromatic nitrogens is 1. The summed E-state index contributed by atoms with van der Waals surface area (Å²) in [6.07, 6.45) is 4.04. The Labute approximate surface area is 212 Å². The number of methoxy groups -OCH3 is 2. The Morgan fingerprint density at radius 2 is 1.83 bits per heavy atom. The van der Waals surface area contributed by atoms with Crippen LogP contribution in [0, 0.1) is 0 Å². The lowest BCUT2D eigenvalue weighted by atomic mass is 9.75. The van der Waals surface area contributed by atoms with Crippen molar-refractivity contribution in [2.24, 2.45) is 0 Å². The highest BCUT2D eigenvalue weighted by atomic mass is 16.5. The largest absolute Gasteiger partial charge is 0.496 e. The van der Waals surface area contributed by atoms with Gasteiger partial charge in [0, 0.05) is 83.8 Å². The Hall–Kier alpha value is -3.30. The van der Waals surface area contributed by atoms with Gasteiger partial charge in [0.25, 0.3) is 0 Å². The minimum absolute atomic E-state index is 0.0497. The highest BCUT2D eigenvalue weighted by Crippen LogP contribution is 2.44. The Bertz CT molecular complexity index is 1070. The van der Waals surface area contributed by atoms with Gasteiger partial charge in [-0.25, -0.2) is 0 Å². The predicted octanol–water partition coefficient (Wildman–Crippen LogP) is 1.86. The van der Waals surface area contributed by atoms with Gasteiger partial charge < -0.3 is 14.4 Å². The summed E-state index contributed by atoms with van der Waals surface area (Å²) in [5.41, 5.74) is 0.445. The first-order valence-electron chi connectivity index (χ1n) is 12.3. The molecule has 36 heavy (non-hydrogen) atoms. The van der Waals surface area contributed by atoms with Crippen molar-refractivity contribution < 1.29 is 23.9 Å². The lowest BCUT2D eigenvalue weighted by molar-refractivity contribution is -0.143. The molecule has 0 aliphatic carbocycles. The normalized spacial score (nSPS) is 20.7. The molecule has 2 aliphatic heterocycles. The molecule has 4 rings (SSSR count). The molecule has 3 heterocycles. The van der Waals surface area contributed by atoms with Gasteiger partial charge in [-0.2, -0.15) is 0 Å². The molecule has 0 radical (unpaired) electrons. The van der Waals surface area contributed by atoms with Crippen molar-refractivity contribution >= 4 is 17.7 Å². The lowest BCUT2D eigenvalue weighted by Crippen LogP contribution is -2.50. The molecule has 2 fully saturated rings. The number of hydrogen-bond acceptors (Lipinski definition) is 7. The van der Waals surface area contributed by atoms with Crippen LogP contribution in [0.3, 0.4) is 0 Å². The second kappa shape index (κ2) is 11.6. The topological polar surface area (TPSA) is 92.3 Å². The van der Waals surface area contributed by atoms with Crippen molar-refractivity contribution in [1.82, 2.24) is 19.7 Å². The van der Waals surface area contributed by atoms with E-state index >= 15 is 0 Å². The molecular weight excluding hydrogens is 460 g/mol. The number of nitrogens with zero attached hydrogens (tertiary/aromatic N) is 4. The van der Waals surface area contributed by atoms with Gasteiger partial charge >= 0.3 is 0 Å². The van der Waals surface area contributed by atoms with Crippen molar-refractivity contribution in [3.63, 3.8) is 0 Å². The Morgan fingerprint density at radius 3 is 2.53 bits per heavy atom. The lowest BCUT2D eigenvalue weighted by Gasteiger charge is -2.37. The maximum absolute atomic E-state index is 13.8. The summed E-state index contributed by atoms with van der Waals surface area (Å²) in [5.74, 6) is -0.221. The first-order valence-corrected chi connectivity index (χ1v) is 12.3. The van der Waals surface area contributed by atoms with Gasteiger partial charge in [-0.15, -0.1) is 0 Å². The maximum atomic E-state index is 13.8. The number of para-hydroxylation sites is 1. The summed E-state index contributed by atoms with van der Waals surface area (Å²) in [5, 5.41) is 0. The molecule has 1 aromatic heterocycles. The number of carbonyl (C=O) groups is 3. The van der Waals surface area contributed by atoms with Crippen molar-refractivity contribution in [3.8, 4) is 5.75 Å². The van der Waals surface area contributed by atoms with Crippen LogP contribution >= 0.6 is 0 Å². The molecule has 9 heteroatoms. The van der Waals surface area contributed by atoms with Gasteiger partial charge in [-0.1, -0.05) is 24.3 Å². The van der Waals surface area contributed by atoms with E-state index in [1.165, 1.54) is 12.0 Å². The van der Waals surface area contributed by atoms with Gasteiger partial charge in [0.1, 0.15) is 5.75 Å². The molecule has 0 spiro atoms. The molecule has 2 aromatic rings. The molecule has 192 valence electrons. The highest BCUT2D eigenvalue weighted by molar-refractivity contribution is 6.11. The van der Waals surface area contributed by atoms with Crippen LogP contribution in [0.15, 0.2) is 48.8 Å². The van der Waals surface area contributed by atoms with Gasteiger partial charge in [0.15, 0.2) is 0 Å². The molecular formula is C27H34N4O5. The third-order valence-electron chi connectivity index (χ3n) is 7.07. The molecule has 0 unspecified atom stereocenters. The monoisotopic (exact) mass is 494 g/mol. The van der Waals surface area contributed by atoms with Crippen LogP contribution in [-0.2, 0) is 31.1 Å². The van der Waals surface area contributed by atoms with Gasteiger partial charge in [-0.05, 0) is 24.1 Å². The molecule has 2 saturated heterocycles. The first kappa shape index (κ1) is 25.8. The number of rotatable bonds is 10. The standard InChI is InChI=1S/C27H34N4O5/c1-35-16-6-11-31-25(33)18-27(26(31)34,22-8-3-4-9-23(22)36-2)17-24(32)30-14-12-29(13-15-30)20-21-7-5-10-28-19-21/h3-5,7-10,19H,6,11-18,20H2,1-2H3/t27-/m0/s1. The number of imide groups is 1. The zero-order valence-electron chi connectivity index (χ0n) is 21.0. The summed E-state index contributed by atoms with van der Waals surface area (Å²) in [7, 11) is 3.12. The SMILES string of the molecule is COCCCN1C(=O)C[C@@](CC(=O)N2CCN(Cc3cccnc3)CC2)(c2ccccc2OC)C1=O. The van der Waals surface area contributed by atoms with Gasteiger partial charge in [0.2, 0.25) is 17.7 Å². The smallest absolute Gasteiger partial charge is 0.241 e. The molecule has 1 atom stereocenters. The van der Waals surface area contributed by atoms with E-state index in [-0.39, 0.29) is 37.1 Å². The summed E-state index contributed by atoms with van der Waals surface area (Å²) in [6.45, 7) is 4.10. The molecule has 0 N–H and O–H groups in total. The van der Waals surface area contributed by atoms with E-state index in [2.05, 4.69) is 9.88 Å². The Kier molecular flexibility index (Phi) is 8.32. The summed E-state index contributed by atoms with van der Waals surface area (Å²) in [4.78, 5) is 50.0. The fourth-order valence-corrected chi connectivity index (χ4v) is 5.15. The van der Waals surface area contributed by atoms with Crippen molar-refractivity contribution in [2.45, 2.75) is 31.2 Å². The maximum Gasteiger partial charge on any atom is 0.241 e. The average Bonchev–Trinajstić information content (AvgIpc) is 3.14. The number of piperazine rings is 1. The van der Waals surface area contributed by atoms with Crippen molar-refractivity contribution in [1.29, 1.82) is 0 Å². The summed E-state index contributed by atoms with van der Waals surface area (Å²) >= 11 is 0. The van der Waals surface area contributed by atoms with E-state index in [0.29, 0.717) is 37.4 Å². The molecule has 1 aromatic carbocycles. The molecule has 0 bridgehead atoms. The average molecular weight is 495 g/mol. The van der Waals surface area contributed by atoms with Crippen LogP contribution in [-0.4, -0.2) is 91.0 Å². The van der Waals surface area contributed by atoms with Crippen LogP contribution in [0.2, 0.25) is 0 Å². The van der Waals surface area contributed by atoms with Gasteiger partial charge in [0.05, 0.1) is 12.5 Å². The van der Waals surface area contributed by atoms with Crippen LogP contribution in [0.1, 0.15) is 30.4 Å². The minimum atomic E-state index is -1.28. The van der Waals surface area contributed by atoms with E-state index in [0.717, 1.165) is 25.2 Å². The zero-order valence-corrected chi connectivity index (χ0v) is 21.0. The predicted molar refractivity (Wildman–Crippen MR) is 133 cm³/mol. The second-order valence-corrected chi connectivity index (χ2v) is 9.35. The number of pyridine rings is 1. The number of amides is 3. The quantitative estimate of drug-likeness (QED) is 0.368. The number of ether oxygens (including phenoxy) is 2. The van der Waals surface area contributed by atoms with E-state index in [4.69, 9.17) is 9.47 Å². The van der Waals surface area contributed by atoms with E-state index < -0.39 is 5.41 Å². The van der Waals surface area contributed by atoms with Crippen molar-refractivity contribution in [3.05, 3.63) is 59.9 Å². The summed E-state index contributed by atoms with van der Waals surface area (Å²) in [6, 6.07) is 11.2. The Morgan fingerprint density at radius 1 is 1.06 bits per heavy atom. The number of carbonyl (C=O) groups excluding carboxylic acids is 3. The number of hydrogen-bond donors (Lipinski definition) is 0. The van der Waals surface area contributed by atoms with Gasteiger partial charge in [-0.3, -0.25) is 29.2 Å². The van der Waals surface area contributed by atoms with Crippen LogP contribution < -0.4 is 4.74 Å².